The van der Waals surface area contributed by atoms with Crippen LogP contribution in [0.1, 0.15) is 187 Å². The van der Waals surface area contributed by atoms with Crippen LogP contribution in [-0.4, -0.2) is 140 Å². The van der Waals surface area contributed by atoms with Crippen LogP contribution in [0.2, 0.25) is 0 Å². The van der Waals surface area contributed by atoms with E-state index in [2.05, 4.69) is 104 Å². The van der Waals surface area contributed by atoms with E-state index >= 15 is 0 Å². The van der Waals surface area contributed by atoms with Gasteiger partial charge in [-0.1, -0.05) is 195 Å². The summed E-state index contributed by atoms with van der Waals surface area (Å²) in [6.07, 6.45) is 45.8. The predicted octanol–water partition coefficient (Wildman–Crippen LogP) is 9.49. The first-order chi connectivity index (χ1) is 36.6. The topological polar surface area (TPSA) is 228 Å². The largest absolute Gasteiger partial charge is 0.394 e. The summed E-state index contributed by atoms with van der Waals surface area (Å²) in [7, 11) is 0. The van der Waals surface area contributed by atoms with E-state index in [0.29, 0.717) is 12.8 Å². The van der Waals surface area contributed by atoms with Crippen molar-refractivity contribution in [2.75, 3.05) is 19.8 Å². The molecule has 2 aliphatic rings. The Morgan fingerprint density at radius 2 is 0.933 bits per heavy atom. The molecule has 2 saturated heterocycles. The van der Waals surface area contributed by atoms with Gasteiger partial charge < -0.3 is 65.1 Å². The second-order valence-electron chi connectivity index (χ2n) is 20.0. The van der Waals surface area contributed by atoms with Crippen LogP contribution in [0.15, 0.2) is 97.2 Å². The molecule has 0 aromatic rings. The van der Waals surface area contributed by atoms with E-state index in [-0.39, 0.29) is 18.9 Å². The molecule has 0 saturated carbocycles. The molecule has 0 aromatic carbocycles. The highest BCUT2D eigenvalue weighted by molar-refractivity contribution is 5.76. The van der Waals surface area contributed by atoms with Crippen molar-refractivity contribution >= 4 is 5.91 Å². The molecule has 14 heteroatoms. The molecular formula is C61H103NO13. The van der Waals surface area contributed by atoms with Crippen LogP contribution in [0, 0.1) is 0 Å². The standard InChI is InChI=1S/C61H103NO13/c1-3-5-7-9-11-13-15-17-19-21-23-24-25-26-27-29-31-33-35-37-39-41-43-45-53(66)62-49(50(65)44-42-40-38-36-34-32-30-28-22-20-18-16-14-12-10-8-6-4-2)48-72-60-58(71)56(69)59(52(47-64)74-60)75-61-57(70)55(68)54(67)51(46-63)73-61/h5,7,11,13,17,19,23-24,26-27,31,33-34,36,42,44,49-52,54-61,63-65,67-71H,3-4,6,8-10,12,14-16,18,20-22,25,28-30,32,35,37-41,43,45-48H2,1-2H3,(H,62,66)/b7-5-,13-11-,19-17-,24-23-,27-26-,33-31-,36-34+,44-42+. The second kappa shape index (κ2) is 45.9. The molecule has 2 fully saturated rings. The summed E-state index contributed by atoms with van der Waals surface area (Å²) < 4.78 is 22.7. The van der Waals surface area contributed by atoms with E-state index in [1.807, 2.05) is 6.08 Å². The molecular weight excluding hydrogens is 955 g/mol. The van der Waals surface area contributed by atoms with Crippen molar-refractivity contribution < 1.29 is 64.6 Å². The van der Waals surface area contributed by atoms with E-state index in [9.17, 15) is 45.6 Å². The fraction of sp³-hybridized carbons (Fsp3) is 0.721. The number of amides is 1. The highest BCUT2D eigenvalue weighted by atomic mass is 16.7. The van der Waals surface area contributed by atoms with Gasteiger partial charge in [0.2, 0.25) is 5.91 Å². The number of ether oxygens (including phenoxy) is 4. The van der Waals surface area contributed by atoms with Crippen molar-refractivity contribution in [1.29, 1.82) is 0 Å². The van der Waals surface area contributed by atoms with Gasteiger partial charge in [0.15, 0.2) is 12.6 Å². The van der Waals surface area contributed by atoms with Gasteiger partial charge in [-0.25, -0.2) is 0 Å². The minimum atomic E-state index is -1.80. The number of carbonyl (C=O) groups excluding carboxylic acids is 1. The lowest BCUT2D eigenvalue weighted by Gasteiger charge is -2.46. The Kier molecular flexibility index (Phi) is 41.6. The third-order valence-corrected chi connectivity index (χ3v) is 13.5. The third kappa shape index (κ3) is 31.8. The van der Waals surface area contributed by atoms with Crippen LogP contribution in [0.25, 0.3) is 0 Å². The molecule has 0 bridgehead atoms. The number of rotatable bonds is 44. The van der Waals surface area contributed by atoms with Crippen molar-refractivity contribution in [3.63, 3.8) is 0 Å². The van der Waals surface area contributed by atoms with E-state index in [4.69, 9.17) is 18.9 Å². The summed E-state index contributed by atoms with van der Waals surface area (Å²) in [6, 6.07) is -0.952. The lowest BCUT2D eigenvalue weighted by Crippen LogP contribution is -2.65. The molecule has 2 heterocycles. The molecule has 0 aliphatic carbocycles. The highest BCUT2D eigenvalue weighted by Crippen LogP contribution is 2.30. The number of aliphatic hydroxyl groups excluding tert-OH is 8. The summed E-state index contributed by atoms with van der Waals surface area (Å²) in [6.45, 7) is 2.63. The minimum Gasteiger partial charge on any atom is -0.394 e. The van der Waals surface area contributed by atoms with Crippen molar-refractivity contribution in [2.24, 2.45) is 0 Å². The fourth-order valence-electron chi connectivity index (χ4n) is 8.84. The van der Waals surface area contributed by atoms with E-state index in [1.165, 1.54) is 77.0 Å². The summed E-state index contributed by atoms with van der Waals surface area (Å²) in [5.74, 6) is -0.278. The molecule has 2 aliphatic heterocycles. The Morgan fingerprint density at radius 3 is 1.47 bits per heavy atom. The Balaban J connectivity index is 1.82. The monoisotopic (exact) mass is 1060 g/mol. The van der Waals surface area contributed by atoms with E-state index in [0.717, 1.165) is 77.0 Å². The maximum Gasteiger partial charge on any atom is 0.220 e. The van der Waals surface area contributed by atoms with Gasteiger partial charge >= 0.3 is 0 Å². The van der Waals surface area contributed by atoms with Gasteiger partial charge in [0, 0.05) is 6.42 Å². The average Bonchev–Trinajstić information content (AvgIpc) is 3.41. The lowest BCUT2D eigenvalue weighted by atomic mass is 9.97. The van der Waals surface area contributed by atoms with Crippen LogP contribution < -0.4 is 5.32 Å². The van der Waals surface area contributed by atoms with Gasteiger partial charge in [-0.05, 0) is 83.5 Å². The Labute approximate surface area is 452 Å². The summed E-state index contributed by atoms with van der Waals surface area (Å²) in [4.78, 5) is 13.2. The number of nitrogens with one attached hydrogen (secondary N) is 1. The third-order valence-electron chi connectivity index (χ3n) is 13.5. The van der Waals surface area contributed by atoms with Crippen LogP contribution in [0.4, 0.5) is 0 Å². The number of aliphatic hydroxyl groups is 8. The Bertz CT molecular complexity index is 1620. The summed E-state index contributed by atoms with van der Waals surface area (Å²) in [5.41, 5.74) is 0. The van der Waals surface area contributed by atoms with Crippen molar-refractivity contribution in [1.82, 2.24) is 5.32 Å². The quantitative estimate of drug-likeness (QED) is 0.0205. The molecule has 2 rings (SSSR count). The first kappa shape index (κ1) is 68.0. The SMILES string of the molecule is CC/C=C\C/C=C\C/C=C\C/C=C\C/C=C\C/C=C\CCCCCCC(=O)NC(COC1OC(CO)C(OC2OC(CO)C(O)C(O)C2O)C(O)C1O)C(O)/C=C/CC/C=C/CCCCCCCCCCCCCC. The molecule has 9 N–H and O–H groups in total. The average molecular weight is 1060 g/mol. The molecule has 1 amide bonds. The van der Waals surface area contributed by atoms with Crippen LogP contribution in [0.5, 0.6) is 0 Å². The second-order valence-corrected chi connectivity index (χ2v) is 20.0. The molecule has 12 atom stereocenters. The molecule has 75 heavy (non-hydrogen) atoms. The minimum absolute atomic E-state index is 0.238. The molecule has 430 valence electrons. The van der Waals surface area contributed by atoms with Gasteiger partial charge in [0.1, 0.15) is 48.8 Å². The number of unbranched alkanes of at least 4 members (excludes halogenated alkanes) is 17. The van der Waals surface area contributed by atoms with Gasteiger partial charge in [-0.2, -0.15) is 0 Å². The molecule has 12 unspecified atom stereocenters. The number of hydrogen-bond donors (Lipinski definition) is 9. The first-order valence-corrected chi connectivity index (χ1v) is 29.0. The summed E-state index contributed by atoms with van der Waals surface area (Å²) in [5, 5.41) is 87.0. The molecule has 0 aromatic heterocycles. The number of carbonyl (C=O) groups is 1. The smallest absolute Gasteiger partial charge is 0.220 e. The maximum absolute atomic E-state index is 13.2. The highest BCUT2D eigenvalue weighted by Gasteiger charge is 2.51. The van der Waals surface area contributed by atoms with Gasteiger partial charge in [-0.15, -0.1) is 0 Å². The maximum atomic E-state index is 13.2. The van der Waals surface area contributed by atoms with Gasteiger partial charge in [-0.3, -0.25) is 4.79 Å². The fourth-order valence-corrected chi connectivity index (χ4v) is 8.84. The molecule has 14 nitrogen and oxygen atoms in total. The number of hydrogen-bond acceptors (Lipinski definition) is 13. The Hall–Kier alpha value is -3.09. The van der Waals surface area contributed by atoms with Crippen LogP contribution >= 0.6 is 0 Å². The van der Waals surface area contributed by atoms with Crippen molar-refractivity contribution in [3.05, 3.63) is 97.2 Å². The van der Waals surface area contributed by atoms with Crippen molar-refractivity contribution in [3.8, 4) is 0 Å². The molecule has 0 spiro atoms. The van der Waals surface area contributed by atoms with Crippen molar-refractivity contribution in [2.45, 2.75) is 261 Å². The zero-order valence-electron chi connectivity index (χ0n) is 46.0. The lowest BCUT2D eigenvalue weighted by molar-refractivity contribution is -0.359. The zero-order valence-corrected chi connectivity index (χ0v) is 46.0. The predicted molar refractivity (Wildman–Crippen MR) is 299 cm³/mol. The van der Waals surface area contributed by atoms with Gasteiger partial charge in [0.25, 0.3) is 0 Å². The van der Waals surface area contributed by atoms with E-state index in [1.54, 1.807) is 6.08 Å². The van der Waals surface area contributed by atoms with Gasteiger partial charge in [0.05, 0.1) is 32.0 Å². The first-order valence-electron chi connectivity index (χ1n) is 29.0. The molecule has 0 radical (unpaired) electrons. The Morgan fingerprint density at radius 1 is 0.493 bits per heavy atom. The number of allylic oxidation sites excluding steroid dienone is 15. The van der Waals surface area contributed by atoms with Crippen LogP contribution in [-0.2, 0) is 23.7 Å². The van der Waals surface area contributed by atoms with E-state index < -0.39 is 86.8 Å². The van der Waals surface area contributed by atoms with Crippen LogP contribution in [0.3, 0.4) is 0 Å². The summed E-state index contributed by atoms with van der Waals surface area (Å²) >= 11 is 0. The normalized spacial score (nSPS) is 25.8. The zero-order chi connectivity index (χ0) is 54.6.